The molecular weight excluding hydrogens is 466 g/mol. The van der Waals surface area contributed by atoms with E-state index in [9.17, 15) is 13.6 Å². The number of amides is 1. The first-order valence-electron chi connectivity index (χ1n) is 5.29. The topological polar surface area (TPSA) is 29.1 Å². The van der Waals surface area contributed by atoms with Gasteiger partial charge in [-0.05, 0) is 46.9 Å². The van der Waals surface area contributed by atoms with Crippen molar-refractivity contribution in [3.63, 3.8) is 0 Å². The van der Waals surface area contributed by atoms with Crippen LogP contribution >= 0.6 is 50.1 Å². The lowest BCUT2D eigenvalue weighted by molar-refractivity contribution is 0.102. The molecule has 2 nitrogen and oxygen atoms in total. The van der Waals surface area contributed by atoms with Crippen molar-refractivity contribution >= 4 is 61.7 Å². The van der Waals surface area contributed by atoms with E-state index < -0.39 is 17.5 Å². The number of carbonyl (C=O) groups is 1. The molecule has 0 aliphatic carbocycles. The molecule has 0 aromatic heterocycles. The van der Waals surface area contributed by atoms with Gasteiger partial charge in [0.25, 0.3) is 5.91 Å². The fraction of sp³-hybridized carbons (Fsp3) is 0. The first-order chi connectivity index (χ1) is 9.38. The van der Waals surface area contributed by atoms with Crippen LogP contribution in [0.15, 0.2) is 34.8 Å². The number of benzene rings is 2. The monoisotopic (exact) mass is 471 g/mol. The third-order valence-corrected chi connectivity index (χ3v) is 4.15. The zero-order chi connectivity index (χ0) is 14.9. The number of hydrogen-bond acceptors (Lipinski definition) is 1. The molecule has 0 saturated heterocycles. The molecule has 0 heterocycles. The van der Waals surface area contributed by atoms with Gasteiger partial charge in [-0.1, -0.05) is 27.5 Å². The van der Waals surface area contributed by atoms with E-state index in [1.54, 1.807) is 18.2 Å². The fourth-order valence-electron chi connectivity index (χ4n) is 1.51. The lowest BCUT2D eigenvalue weighted by Crippen LogP contribution is -2.15. The van der Waals surface area contributed by atoms with E-state index in [2.05, 4.69) is 21.2 Å². The van der Waals surface area contributed by atoms with E-state index in [-0.39, 0.29) is 10.7 Å². The molecule has 0 unspecified atom stereocenters. The summed E-state index contributed by atoms with van der Waals surface area (Å²) in [5.74, 6) is -2.25. The molecule has 104 valence electrons. The fourth-order valence-corrected chi connectivity index (χ4v) is 2.70. The van der Waals surface area contributed by atoms with Gasteiger partial charge < -0.3 is 5.32 Å². The summed E-state index contributed by atoms with van der Waals surface area (Å²) in [6.07, 6.45) is 0. The summed E-state index contributed by atoms with van der Waals surface area (Å²) < 4.78 is 28.0. The zero-order valence-electron chi connectivity index (χ0n) is 9.68. The minimum atomic E-state index is -0.923. The van der Waals surface area contributed by atoms with E-state index >= 15 is 0 Å². The summed E-state index contributed by atoms with van der Waals surface area (Å²) in [6, 6.07) is 6.72. The lowest BCUT2D eigenvalue weighted by Gasteiger charge is -2.10. The molecule has 0 aliphatic heterocycles. The van der Waals surface area contributed by atoms with Gasteiger partial charge in [-0.25, -0.2) is 8.78 Å². The number of anilines is 1. The molecule has 0 bridgehead atoms. The highest BCUT2D eigenvalue weighted by molar-refractivity contribution is 14.1. The third kappa shape index (κ3) is 3.48. The molecule has 20 heavy (non-hydrogen) atoms. The SMILES string of the molecule is O=C(Nc1c(F)cc(F)cc1Cl)c1cc(Br)ccc1I. The summed E-state index contributed by atoms with van der Waals surface area (Å²) >= 11 is 11.0. The number of hydrogen-bond donors (Lipinski definition) is 1. The highest BCUT2D eigenvalue weighted by atomic mass is 127. The van der Waals surface area contributed by atoms with E-state index in [1.165, 1.54) is 0 Å². The Morgan fingerprint density at radius 1 is 1.25 bits per heavy atom. The predicted molar refractivity (Wildman–Crippen MR) is 86.2 cm³/mol. The maximum atomic E-state index is 13.6. The number of rotatable bonds is 2. The Hall–Kier alpha value is -0.730. The molecule has 0 atom stereocenters. The van der Waals surface area contributed by atoms with Crippen LogP contribution in [0, 0.1) is 15.2 Å². The largest absolute Gasteiger partial charge is 0.318 e. The summed E-state index contributed by atoms with van der Waals surface area (Å²) in [5, 5.41) is 2.16. The van der Waals surface area contributed by atoms with Crippen molar-refractivity contribution in [2.75, 3.05) is 5.32 Å². The molecule has 2 aromatic rings. The van der Waals surface area contributed by atoms with Crippen molar-refractivity contribution in [1.29, 1.82) is 0 Å². The van der Waals surface area contributed by atoms with Crippen LogP contribution in [0.5, 0.6) is 0 Å². The van der Waals surface area contributed by atoms with Crippen LogP contribution in [0.1, 0.15) is 10.4 Å². The zero-order valence-corrected chi connectivity index (χ0v) is 14.2. The van der Waals surface area contributed by atoms with E-state index in [4.69, 9.17) is 11.6 Å². The summed E-state index contributed by atoms with van der Waals surface area (Å²) in [5.41, 5.74) is 0.119. The third-order valence-electron chi connectivity index (χ3n) is 2.42. The maximum Gasteiger partial charge on any atom is 0.256 e. The van der Waals surface area contributed by atoms with Crippen LogP contribution in [0.4, 0.5) is 14.5 Å². The Balaban J connectivity index is 2.35. The first-order valence-corrected chi connectivity index (χ1v) is 7.54. The number of halogens is 5. The molecular formula is C13H6BrClF2INO. The molecule has 2 aromatic carbocycles. The Bertz CT molecular complexity index is 673. The normalized spacial score (nSPS) is 10.4. The first kappa shape index (κ1) is 15.7. The predicted octanol–water partition coefficient (Wildman–Crippen LogP) is 5.24. The van der Waals surface area contributed by atoms with Gasteiger partial charge in [0.15, 0.2) is 5.82 Å². The molecule has 0 aliphatic rings. The van der Waals surface area contributed by atoms with Crippen LogP contribution in [0.2, 0.25) is 5.02 Å². The summed E-state index contributed by atoms with van der Waals surface area (Å²) in [6.45, 7) is 0. The average molecular weight is 472 g/mol. The van der Waals surface area contributed by atoms with Gasteiger partial charge in [-0.15, -0.1) is 0 Å². The van der Waals surface area contributed by atoms with Crippen LogP contribution in [-0.4, -0.2) is 5.91 Å². The Kier molecular flexibility index (Phi) is 4.98. The van der Waals surface area contributed by atoms with Gasteiger partial charge >= 0.3 is 0 Å². The molecule has 7 heteroatoms. The highest BCUT2D eigenvalue weighted by Crippen LogP contribution is 2.27. The van der Waals surface area contributed by atoms with Gasteiger partial charge in [0, 0.05) is 14.1 Å². The van der Waals surface area contributed by atoms with Gasteiger partial charge in [0.2, 0.25) is 0 Å². The van der Waals surface area contributed by atoms with Crippen molar-refractivity contribution in [2.45, 2.75) is 0 Å². The molecule has 0 spiro atoms. The Labute approximate surface area is 140 Å². The number of nitrogens with one attached hydrogen (secondary N) is 1. The van der Waals surface area contributed by atoms with Gasteiger partial charge in [-0.3, -0.25) is 4.79 Å². The minimum Gasteiger partial charge on any atom is -0.318 e. The van der Waals surface area contributed by atoms with E-state index in [0.29, 0.717) is 19.7 Å². The van der Waals surface area contributed by atoms with Crippen LogP contribution in [-0.2, 0) is 0 Å². The maximum absolute atomic E-state index is 13.6. The van der Waals surface area contributed by atoms with Gasteiger partial charge in [-0.2, -0.15) is 0 Å². The summed E-state index contributed by atoms with van der Waals surface area (Å²) in [7, 11) is 0. The second-order valence-corrected chi connectivity index (χ2v) is 6.31. The van der Waals surface area contributed by atoms with Crippen LogP contribution in [0.25, 0.3) is 0 Å². The highest BCUT2D eigenvalue weighted by Gasteiger charge is 2.16. The van der Waals surface area contributed by atoms with Crippen molar-refractivity contribution in [3.05, 3.63) is 60.6 Å². The van der Waals surface area contributed by atoms with Crippen molar-refractivity contribution < 1.29 is 13.6 Å². The second kappa shape index (κ2) is 6.36. The average Bonchev–Trinajstić information content (AvgIpc) is 2.36. The standard InChI is InChI=1S/C13H6BrClF2INO/c14-6-1-2-11(18)8(3-6)13(20)19-12-9(15)4-7(16)5-10(12)17/h1-5H,(H,19,20). The molecule has 2 rings (SSSR count). The molecule has 0 saturated carbocycles. The molecule has 1 amide bonds. The van der Waals surface area contributed by atoms with Gasteiger partial charge in [0.05, 0.1) is 16.3 Å². The molecule has 0 radical (unpaired) electrons. The Morgan fingerprint density at radius 2 is 1.95 bits per heavy atom. The minimum absolute atomic E-state index is 0.194. The summed E-state index contributed by atoms with van der Waals surface area (Å²) in [4.78, 5) is 12.1. The van der Waals surface area contributed by atoms with Crippen LogP contribution < -0.4 is 5.32 Å². The number of carbonyl (C=O) groups excluding carboxylic acids is 1. The van der Waals surface area contributed by atoms with Crippen LogP contribution in [0.3, 0.4) is 0 Å². The van der Waals surface area contributed by atoms with Crippen molar-refractivity contribution in [1.82, 2.24) is 0 Å². The lowest BCUT2D eigenvalue weighted by atomic mass is 10.2. The molecule has 1 N–H and O–H groups in total. The van der Waals surface area contributed by atoms with E-state index in [1.807, 2.05) is 22.6 Å². The smallest absolute Gasteiger partial charge is 0.256 e. The van der Waals surface area contributed by atoms with Crippen molar-refractivity contribution in [2.24, 2.45) is 0 Å². The Morgan fingerprint density at radius 3 is 2.60 bits per heavy atom. The van der Waals surface area contributed by atoms with Gasteiger partial charge in [0.1, 0.15) is 5.82 Å². The quantitative estimate of drug-likeness (QED) is 0.596. The van der Waals surface area contributed by atoms with E-state index in [0.717, 1.165) is 6.07 Å². The van der Waals surface area contributed by atoms with Crippen molar-refractivity contribution in [3.8, 4) is 0 Å². The molecule has 0 fully saturated rings. The second-order valence-electron chi connectivity index (χ2n) is 3.82.